The molecule has 0 spiro atoms. The molecule has 0 bridgehead atoms. The van der Waals surface area contributed by atoms with Crippen LogP contribution in [0.2, 0.25) is 0 Å². The predicted octanol–water partition coefficient (Wildman–Crippen LogP) is 1.82. The van der Waals surface area contributed by atoms with Crippen molar-refractivity contribution in [2.75, 3.05) is 18.5 Å². The van der Waals surface area contributed by atoms with Crippen LogP contribution in [0.25, 0.3) is 0 Å². The van der Waals surface area contributed by atoms with Gasteiger partial charge in [0.05, 0.1) is 7.05 Å². The van der Waals surface area contributed by atoms with Crippen molar-refractivity contribution in [3.05, 3.63) is 65.5 Å². The van der Waals surface area contributed by atoms with Crippen LogP contribution in [0.1, 0.15) is 18.1 Å². The lowest BCUT2D eigenvalue weighted by molar-refractivity contribution is -0.885. The van der Waals surface area contributed by atoms with Crippen LogP contribution in [0.3, 0.4) is 0 Å². The van der Waals surface area contributed by atoms with E-state index in [0.29, 0.717) is 13.1 Å². The molecule has 2 aromatic rings. The maximum absolute atomic E-state index is 13.0. The van der Waals surface area contributed by atoms with E-state index in [9.17, 15) is 9.18 Å². The summed E-state index contributed by atoms with van der Waals surface area (Å²) < 4.78 is 13.0. The number of anilines is 1. The van der Waals surface area contributed by atoms with E-state index in [2.05, 4.69) is 13.0 Å². The molecule has 0 saturated carbocycles. The summed E-state index contributed by atoms with van der Waals surface area (Å²) >= 11 is 0. The first-order chi connectivity index (χ1) is 11.0. The first kappa shape index (κ1) is 15.7. The summed E-state index contributed by atoms with van der Waals surface area (Å²) in [5.74, 6) is -0.0907. The zero-order valence-electron chi connectivity index (χ0n) is 13.6. The first-order valence-electron chi connectivity index (χ1n) is 8.00. The average Bonchev–Trinajstić information content (AvgIpc) is 2.85. The molecule has 0 aromatic heterocycles. The van der Waals surface area contributed by atoms with E-state index in [1.807, 2.05) is 30.1 Å². The zero-order valence-corrected chi connectivity index (χ0v) is 13.6. The van der Waals surface area contributed by atoms with Crippen LogP contribution in [-0.4, -0.2) is 25.5 Å². The van der Waals surface area contributed by atoms with E-state index in [0.717, 1.165) is 22.6 Å². The molecule has 3 rings (SSSR count). The van der Waals surface area contributed by atoms with E-state index < -0.39 is 0 Å². The van der Waals surface area contributed by atoms with Gasteiger partial charge in [-0.25, -0.2) is 4.39 Å². The zero-order chi connectivity index (χ0) is 16.4. The maximum Gasteiger partial charge on any atom is 0.282 e. The number of carbonyl (C=O) groups is 1. The second-order valence-corrected chi connectivity index (χ2v) is 6.38. The van der Waals surface area contributed by atoms with E-state index in [-0.39, 0.29) is 17.8 Å². The van der Waals surface area contributed by atoms with Gasteiger partial charge in [0.25, 0.3) is 5.91 Å². The van der Waals surface area contributed by atoms with Crippen molar-refractivity contribution >= 4 is 11.6 Å². The lowest BCUT2D eigenvalue weighted by Crippen LogP contribution is -3.09. The number of rotatable bonds is 4. The molecule has 2 aromatic carbocycles. The van der Waals surface area contributed by atoms with Gasteiger partial charge in [0.2, 0.25) is 0 Å². The Morgan fingerprint density at radius 1 is 1.22 bits per heavy atom. The molecule has 4 heteroatoms. The van der Waals surface area contributed by atoms with Gasteiger partial charge in [-0.3, -0.25) is 4.79 Å². The molecule has 3 nitrogen and oxygen atoms in total. The Labute approximate surface area is 136 Å². The number of benzene rings is 2. The monoisotopic (exact) mass is 313 g/mol. The van der Waals surface area contributed by atoms with Crippen molar-refractivity contribution < 1.29 is 14.1 Å². The molecule has 0 saturated heterocycles. The van der Waals surface area contributed by atoms with Crippen LogP contribution in [0.5, 0.6) is 0 Å². The molecule has 1 heterocycles. The molecule has 0 fully saturated rings. The normalized spacial score (nSPS) is 17.9. The number of nitrogens with zero attached hydrogens (tertiary/aromatic N) is 1. The SMILES string of the molecule is C[C@H]1Cc2ccccc2N1C(=O)C[NH+](C)Cc1ccc(F)cc1. The summed E-state index contributed by atoms with van der Waals surface area (Å²) in [5, 5.41) is 0. The highest BCUT2D eigenvalue weighted by Crippen LogP contribution is 2.31. The number of likely N-dealkylation sites (N-methyl/N-ethyl adjacent to an activating group) is 1. The number of hydrogen-bond donors (Lipinski definition) is 1. The molecule has 1 unspecified atom stereocenters. The number of carbonyl (C=O) groups excluding carboxylic acids is 1. The molecule has 0 aliphatic carbocycles. The number of amides is 1. The molecule has 120 valence electrons. The van der Waals surface area contributed by atoms with Crippen LogP contribution in [0.15, 0.2) is 48.5 Å². The summed E-state index contributed by atoms with van der Waals surface area (Å²) in [6, 6.07) is 14.8. The van der Waals surface area contributed by atoms with Crippen LogP contribution in [-0.2, 0) is 17.8 Å². The Morgan fingerprint density at radius 3 is 2.65 bits per heavy atom. The quantitative estimate of drug-likeness (QED) is 0.915. The van der Waals surface area contributed by atoms with Crippen molar-refractivity contribution in [3.8, 4) is 0 Å². The summed E-state index contributed by atoms with van der Waals surface area (Å²) in [7, 11) is 1.99. The number of para-hydroxylation sites is 1. The standard InChI is InChI=1S/C19H21FN2O/c1-14-11-16-5-3-4-6-18(16)22(14)19(23)13-21(2)12-15-7-9-17(20)10-8-15/h3-10,14H,11-13H2,1-2H3/p+1/t14-/m0/s1. The molecule has 2 atom stereocenters. The number of hydrogen-bond acceptors (Lipinski definition) is 1. The van der Waals surface area contributed by atoms with Gasteiger partial charge in [0.1, 0.15) is 12.4 Å². The Bertz CT molecular complexity index is 699. The van der Waals surface area contributed by atoms with E-state index in [1.54, 1.807) is 12.1 Å². The van der Waals surface area contributed by atoms with Gasteiger partial charge in [-0.15, -0.1) is 0 Å². The Hall–Kier alpha value is -2.20. The summed E-state index contributed by atoms with van der Waals surface area (Å²) in [6.45, 7) is 3.22. The van der Waals surface area contributed by atoms with Crippen LogP contribution < -0.4 is 9.80 Å². The average molecular weight is 313 g/mol. The largest absolute Gasteiger partial charge is 0.326 e. The lowest BCUT2D eigenvalue weighted by Gasteiger charge is -2.24. The summed E-state index contributed by atoms with van der Waals surface area (Å²) in [6.07, 6.45) is 0.916. The molecule has 1 amide bonds. The highest BCUT2D eigenvalue weighted by Gasteiger charge is 2.31. The smallest absolute Gasteiger partial charge is 0.282 e. The van der Waals surface area contributed by atoms with Gasteiger partial charge >= 0.3 is 0 Å². The number of halogens is 1. The summed E-state index contributed by atoms with van der Waals surface area (Å²) in [4.78, 5) is 15.7. The fourth-order valence-electron chi connectivity index (χ4n) is 3.30. The predicted molar refractivity (Wildman–Crippen MR) is 89.0 cm³/mol. The highest BCUT2D eigenvalue weighted by atomic mass is 19.1. The topological polar surface area (TPSA) is 24.8 Å². The van der Waals surface area contributed by atoms with Gasteiger partial charge in [-0.05, 0) is 37.1 Å². The van der Waals surface area contributed by atoms with E-state index in [4.69, 9.17) is 0 Å². The highest BCUT2D eigenvalue weighted by molar-refractivity contribution is 5.96. The third kappa shape index (κ3) is 3.42. The summed E-state index contributed by atoms with van der Waals surface area (Å²) in [5.41, 5.74) is 3.32. The van der Waals surface area contributed by atoms with Crippen molar-refractivity contribution in [2.45, 2.75) is 25.9 Å². The molecule has 1 aliphatic heterocycles. The van der Waals surface area contributed by atoms with Crippen molar-refractivity contribution in [1.29, 1.82) is 0 Å². The van der Waals surface area contributed by atoms with E-state index >= 15 is 0 Å². The Balaban J connectivity index is 1.66. The van der Waals surface area contributed by atoms with Gasteiger partial charge in [-0.1, -0.05) is 30.3 Å². The molecular formula is C19H22FN2O+. The lowest BCUT2D eigenvalue weighted by atomic mass is 10.1. The van der Waals surface area contributed by atoms with Crippen LogP contribution >= 0.6 is 0 Å². The van der Waals surface area contributed by atoms with Gasteiger partial charge in [-0.2, -0.15) is 0 Å². The minimum atomic E-state index is -0.232. The first-order valence-corrected chi connectivity index (χ1v) is 8.00. The maximum atomic E-state index is 13.0. The molecule has 1 N–H and O–H groups in total. The van der Waals surface area contributed by atoms with Gasteiger partial charge in [0, 0.05) is 17.3 Å². The molecule has 23 heavy (non-hydrogen) atoms. The second-order valence-electron chi connectivity index (χ2n) is 6.38. The van der Waals surface area contributed by atoms with Crippen LogP contribution in [0.4, 0.5) is 10.1 Å². The Kier molecular flexibility index (Phi) is 4.44. The Morgan fingerprint density at radius 2 is 1.91 bits per heavy atom. The molecule has 1 aliphatic rings. The van der Waals surface area contributed by atoms with Gasteiger partial charge in [0.15, 0.2) is 6.54 Å². The molecule has 0 radical (unpaired) electrons. The number of nitrogens with one attached hydrogen (secondary N) is 1. The minimum Gasteiger partial charge on any atom is -0.326 e. The fourth-order valence-corrected chi connectivity index (χ4v) is 3.30. The van der Waals surface area contributed by atoms with E-state index in [1.165, 1.54) is 17.7 Å². The molecular weight excluding hydrogens is 291 g/mol. The van der Waals surface area contributed by atoms with Crippen molar-refractivity contribution in [3.63, 3.8) is 0 Å². The minimum absolute atomic E-state index is 0.141. The number of quaternary nitrogens is 1. The van der Waals surface area contributed by atoms with Crippen molar-refractivity contribution in [2.24, 2.45) is 0 Å². The fraction of sp³-hybridized carbons (Fsp3) is 0.316. The second kappa shape index (κ2) is 6.50. The third-order valence-corrected chi connectivity index (χ3v) is 4.35. The van der Waals surface area contributed by atoms with Crippen molar-refractivity contribution in [1.82, 2.24) is 0 Å². The van der Waals surface area contributed by atoms with Crippen LogP contribution in [0, 0.1) is 5.82 Å². The third-order valence-electron chi connectivity index (χ3n) is 4.35. The number of fused-ring (bicyclic) bond motifs is 1. The van der Waals surface area contributed by atoms with Gasteiger partial charge < -0.3 is 9.80 Å².